The van der Waals surface area contributed by atoms with Crippen molar-refractivity contribution in [2.75, 3.05) is 6.54 Å². The van der Waals surface area contributed by atoms with Gasteiger partial charge in [-0.05, 0) is 32.6 Å². The number of hydrogen-bond donors (Lipinski definition) is 1. The smallest absolute Gasteiger partial charge is 0.317 e. The Kier molecular flexibility index (Phi) is 3.17. The molecule has 15 heavy (non-hydrogen) atoms. The van der Waals surface area contributed by atoms with Crippen LogP contribution >= 0.6 is 0 Å². The molecule has 1 saturated carbocycles. The summed E-state index contributed by atoms with van der Waals surface area (Å²) < 4.78 is 0. The molecule has 0 aromatic heterocycles. The van der Waals surface area contributed by atoms with Crippen molar-refractivity contribution in [1.29, 1.82) is 0 Å². The van der Waals surface area contributed by atoms with Gasteiger partial charge in [-0.1, -0.05) is 19.3 Å². The highest BCUT2D eigenvalue weighted by molar-refractivity contribution is 5.77. The van der Waals surface area contributed by atoms with Crippen molar-refractivity contribution in [3.05, 3.63) is 0 Å². The standard InChI is InChI=1S/C12H22N2O/c1-9(2)14-8-11(13-12(14)15)10-6-4-3-5-7-10/h9-11H,3-8H2,1-2H3,(H,13,15)/t11-/m0/s1. The Balaban J connectivity index is 1.92. The maximum atomic E-state index is 11.7. The van der Waals surface area contributed by atoms with Crippen LogP contribution in [-0.2, 0) is 0 Å². The molecule has 3 heteroatoms. The third kappa shape index (κ3) is 2.27. The normalized spacial score (nSPS) is 28.6. The van der Waals surface area contributed by atoms with Gasteiger partial charge in [0.2, 0.25) is 0 Å². The molecule has 1 N–H and O–H groups in total. The van der Waals surface area contributed by atoms with Crippen molar-refractivity contribution in [3.8, 4) is 0 Å². The molecule has 2 rings (SSSR count). The van der Waals surface area contributed by atoms with Crippen molar-refractivity contribution in [2.24, 2.45) is 5.92 Å². The molecule has 0 unspecified atom stereocenters. The van der Waals surface area contributed by atoms with Crippen molar-refractivity contribution >= 4 is 6.03 Å². The maximum Gasteiger partial charge on any atom is 0.317 e. The van der Waals surface area contributed by atoms with E-state index < -0.39 is 0 Å². The molecule has 1 heterocycles. The molecule has 0 aromatic rings. The molecule has 0 spiro atoms. The zero-order valence-electron chi connectivity index (χ0n) is 9.83. The summed E-state index contributed by atoms with van der Waals surface area (Å²) in [4.78, 5) is 13.6. The van der Waals surface area contributed by atoms with E-state index in [2.05, 4.69) is 19.2 Å². The average Bonchev–Trinajstić information content (AvgIpc) is 2.62. The first-order chi connectivity index (χ1) is 7.18. The van der Waals surface area contributed by atoms with Gasteiger partial charge in [0.15, 0.2) is 0 Å². The first-order valence-electron chi connectivity index (χ1n) is 6.25. The van der Waals surface area contributed by atoms with Gasteiger partial charge in [0.1, 0.15) is 0 Å². The lowest BCUT2D eigenvalue weighted by Gasteiger charge is -2.27. The minimum absolute atomic E-state index is 0.139. The molecule has 1 atom stereocenters. The topological polar surface area (TPSA) is 32.3 Å². The molecule has 1 aliphatic heterocycles. The highest BCUT2D eigenvalue weighted by Crippen LogP contribution is 2.29. The molecular weight excluding hydrogens is 188 g/mol. The lowest BCUT2D eigenvalue weighted by Crippen LogP contribution is -2.35. The molecule has 3 nitrogen and oxygen atoms in total. The SMILES string of the molecule is CC(C)N1C[C@@H](C2CCCCC2)NC1=O. The van der Waals surface area contributed by atoms with Crippen LogP contribution in [0.25, 0.3) is 0 Å². The zero-order valence-corrected chi connectivity index (χ0v) is 9.83. The monoisotopic (exact) mass is 210 g/mol. The predicted molar refractivity (Wildman–Crippen MR) is 60.7 cm³/mol. The van der Waals surface area contributed by atoms with E-state index in [9.17, 15) is 4.79 Å². The van der Waals surface area contributed by atoms with Crippen LogP contribution in [0.4, 0.5) is 4.79 Å². The average molecular weight is 210 g/mol. The largest absolute Gasteiger partial charge is 0.333 e. The van der Waals surface area contributed by atoms with E-state index in [1.807, 2.05) is 4.90 Å². The lowest BCUT2D eigenvalue weighted by atomic mass is 9.84. The summed E-state index contributed by atoms with van der Waals surface area (Å²) in [5.74, 6) is 0.728. The molecule has 2 fully saturated rings. The van der Waals surface area contributed by atoms with Crippen molar-refractivity contribution in [2.45, 2.75) is 58.0 Å². The van der Waals surface area contributed by atoms with Gasteiger partial charge < -0.3 is 10.2 Å². The Morgan fingerprint density at radius 2 is 1.93 bits per heavy atom. The Morgan fingerprint density at radius 3 is 2.47 bits per heavy atom. The van der Waals surface area contributed by atoms with E-state index in [1.54, 1.807) is 0 Å². The first kappa shape index (κ1) is 10.8. The molecule has 2 aliphatic rings. The van der Waals surface area contributed by atoms with E-state index in [-0.39, 0.29) is 6.03 Å². The van der Waals surface area contributed by atoms with Crippen LogP contribution in [-0.4, -0.2) is 29.6 Å². The Morgan fingerprint density at radius 1 is 1.27 bits per heavy atom. The molecule has 1 saturated heterocycles. The fourth-order valence-electron chi connectivity index (χ4n) is 2.83. The summed E-state index contributed by atoms with van der Waals surface area (Å²) in [6.07, 6.45) is 6.68. The van der Waals surface area contributed by atoms with Gasteiger partial charge in [-0.2, -0.15) is 0 Å². The Bertz CT molecular complexity index is 234. The van der Waals surface area contributed by atoms with E-state index in [4.69, 9.17) is 0 Å². The second-order valence-electron chi connectivity index (χ2n) is 5.20. The maximum absolute atomic E-state index is 11.7. The summed E-state index contributed by atoms with van der Waals surface area (Å²) >= 11 is 0. The first-order valence-corrected chi connectivity index (χ1v) is 6.25. The van der Waals surface area contributed by atoms with Crippen LogP contribution in [0.3, 0.4) is 0 Å². The van der Waals surface area contributed by atoms with Crippen LogP contribution in [0.5, 0.6) is 0 Å². The molecule has 2 amide bonds. The van der Waals surface area contributed by atoms with Gasteiger partial charge in [-0.25, -0.2) is 4.79 Å². The molecular formula is C12H22N2O. The fourth-order valence-corrected chi connectivity index (χ4v) is 2.83. The summed E-state index contributed by atoms with van der Waals surface area (Å²) in [6, 6.07) is 0.888. The quantitative estimate of drug-likeness (QED) is 0.745. The number of carbonyl (C=O) groups excluding carboxylic acids is 1. The number of carbonyl (C=O) groups is 1. The van der Waals surface area contributed by atoms with Gasteiger partial charge in [-0.3, -0.25) is 0 Å². The number of urea groups is 1. The summed E-state index contributed by atoms with van der Waals surface area (Å²) in [6.45, 7) is 5.09. The third-order valence-corrected chi connectivity index (χ3v) is 3.81. The third-order valence-electron chi connectivity index (χ3n) is 3.81. The Labute approximate surface area is 92.2 Å². The summed E-state index contributed by atoms with van der Waals surface area (Å²) in [5.41, 5.74) is 0. The van der Waals surface area contributed by atoms with E-state index in [0.29, 0.717) is 12.1 Å². The highest BCUT2D eigenvalue weighted by Gasteiger charge is 2.35. The van der Waals surface area contributed by atoms with Gasteiger partial charge in [0.05, 0.1) is 6.04 Å². The van der Waals surface area contributed by atoms with E-state index in [1.165, 1.54) is 32.1 Å². The van der Waals surface area contributed by atoms with Crippen LogP contribution in [0.2, 0.25) is 0 Å². The van der Waals surface area contributed by atoms with Crippen LogP contribution < -0.4 is 5.32 Å². The fraction of sp³-hybridized carbons (Fsp3) is 0.917. The van der Waals surface area contributed by atoms with E-state index >= 15 is 0 Å². The molecule has 86 valence electrons. The molecule has 0 bridgehead atoms. The number of rotatable bonds is 2. The van der Waals surface area contributed by atoms with Gasteiger partial charge in [0.25, 0.3) is 0 Å². The van der Waals surface area contributed by atoms with Crippen molar-refractivity contribution in [1.82, 2.24) is 10.2 Å². The molecule has 0 aromatic carbocycles. The molecule has 0 radical (unpaired) electrons. The number of nitrogens with one attached hydrogen (secondary N) is 1. The lowest BCUT2D eigenvalue weighted by molar-refractivity contribution is 0.205. The van der Waals surface area contributed by atoms with Crippen LogP contribution in [0.15, 0.2) is 0 Å². The van der Waals surface area contributed by atoms with Crippen LogP contribution in [0.1, 0.15) is 46.0 Å². The Hall–Kier alpha value is -0.730. The van der Waals surface area contributed by atoms with Crippen molar-refractivity contribution < 1.29 is 4.79 Å². The summed E-state index contributed by atoms with van der Waals surface area (Å²) in [5, 5.41) is 3.14. The minimum atomic E-state index is 0.139. The van der Waals surface area contributed by atoms with Gasteiger partial charge >= 0.3 is 6.03 Å². The summed E-state index contributed by atoms with van der Waals surface area (Å²) in [7, 11) is 0. The minimum Gasteiger partial charge on any atom is -0.333 e. The highest BCUT2D eigenvalue weighted by atomic mass is 16.2. The second kappa shape index (κ2) is 4.42. The van der Waals surface area contributed by atoms with Gasteiger partial charge in [-0.15, -0.1) is 0 Å². The number of nitrogens with zero attached hydrogens (tertiary/aromatic N) is 1. The number of amides is 2. The van der Waals surface area contributed by atoms with Crippen molar-refractivity contribution in [3.63, 3.8) is 0 Å². The zero-order chi connectivity index (χ0) is 10.8. The molecule has 1 aliphatic carbocycles. The van der Waals surface area contributed by atoms with Crippen LogP contribution in [0, 0.1) is 5.92 Å². The predicted octanol–water partition coefficient (Wildman–Crippen LogP) is 2.37. The van der Waals surface area contributed by atoms with E-state index in [0.717, 1.165) is 12.5 Å². The second-order valence-corrected chi connectivity index (χ2v) is 5.20. The number of hydrogen-bond acceptors (Lipinski definition) is 1. The van der Waals surface area contributed by atoms with Gasteiger partial charge in [0, 0.05) is 12.6 Å².